The van der Waals surface area contributed by atoms with E-state index in [-0.39, 0.29) is 0 Å². The van der Waals surface area contributed by atoms with E-state index in [0.717, 1.165) is 19.6 Å². The lowest BCUT2D eigenvalue weighted by Gasteiger charge is -2.32. The first-order valence-electron chi connectivity index (χ1n) is 5.88. The van der Waals surface area contributed by atoms with Crippen LogP contribution in [0.15, 0.2) is 6.20 Å². The zero-order valence-electron chi connectivity index (χ0n) is 10.2. The Morgan fingerprint density at radius 3 is 2.53 bits per heavy atom. The van der Waals surface area contributed by atoms with E-state index in [1.54, 1.807) is 0 Å². The summed E-state index contributed by atoms with van der Waals surface area (Å²) in [5.74, 6) is 1.78. The third-order valence-electron chi connectivity index (χ3n) is 3.19. The summed E-state index contributed by atoms with van der Waals surface area (Å²) >= 11 is 0. The summed E-state index contributed by atoms with van der Waals surface area (Å²) in [5, 5.41) is 0. The van der Waals surface area contributed by atoms with Crippen molar-refractivity contribution in [1.82, 2.24) is 14.5 Å². The highest BCUT2D eigenvalue weighted by Crippen LogP contribution is 2.20. The average Bonchev–Trinajstić information content (AvgIpc) is 2.59. The van der Waals surface area contributed by atoms with Gasteiger partial charge >= 0.3 is 0 Å². The Morgan fingerprint density at radius 2 is 1.93 bits per heavy atom. The third-order valence-corrected chi connectivity index (χ3v) is 3.19. The van der Waals surface area contributed by atoms with Gasteiger partial charge in [0.05, 0.1) is 5.69 Å². The molecule has 3 nitrogen and oxygen atoms in total. The first-order valence-corrected chi connectivity index (χ1v) is 5.88. The number of hydrogen-bond donors (Lipinski definition) is 0. The predicted octanol–water partition coefficient (Wildman–Crippen LogP) is 2.23. The molecule has 84 valence electrons. The van der Waals surface area contributed by atoms with Crippen LogP contribution >= 0.6 is 0 Å². The smallest absolute Gasteiger partial charge is 0.111 e. The summed E-state index contributed by atoms with van der Waals surface area (Å²) in [7, 11) is 0. The Balaban J connectivity index is 2.22. The van der Waals surface area contributed by atoms with Crippen LogP contribution in [0.1, 0.15) is 45.1 Å². The molecule has 0 atom stereocenters. The van der Waals surface area contributed by atoms with Crippen LogP contribution in [0.25, 0.3) is 0 Å². The average molecular weight is 207 g/mol. The van der Waals surface area contributed by atoms with E-state index in [1.807, 2.05) is 6.20 Å². The van der Waals surface area contributed by atoms with E-state index in [2.05, 4.69) is 42.1 Å². The molecule has 0 N–H and O–H groups in total. The lowest BCUT2D eigenvalue weighted by Crippen LogP contribution is -2.38. The van der Waals surface area contributed by atoms with Crippen LogP contribution in [0.2, 0.25) is 0 Å². The van der Waals surface area contributed by atoms with Crippen LogP contribution in [0.5, 0.6) is 0 Å². The normalized spacial score (nSPS) is 17.5. The molecule has 1 aromatic rings. The van der Waals surface area contributed by atoms with Crippen molar-refractivity contribution in [3.05, 3.63) is 17.7 Å². The van der Waals surface area contributed by atoms with Gasteiger partial charge in [0.15, 0.2) is 0 Å². The molecule has 0 amide bonds. The largest absolute Gasteiger partial charge is 0.329 e. The molecule has 2 rings (SSSR count). The summed E-state index contributed by atoms with van der Waals surface area (Å²) < 4.78 is 2.39. The topological polar surface area (TPSA) is 21.1 Å². The lowest BCUT2D eigenvalue weighted by molar-refractivity contribution is 0.175. The Bertz CT molecular complexity index is 339. The van der Waals surface area contributed by atoms with Crippen LogP contribution in [-0.2, 0) is 13.1 Å². The minimum absolute atomic E-state index is 0.532. The van der Waals surface area contributed by atoms with Crippen LogP contribution in [-0.4, -0.2) is 27.0 Å². The summed E-state index contributed by atoms with van der Waals surface area (Å²) in [6.45, 7) is 12.2. The van der Waals surface area contributed by atoms with Gasteiger partial charge in [0, 0.05) is 37.8 Å². The molecule has 3 heteroatoms. The molecule has 0 bridgehead atoms. The fourth-order valence-electron chi connectivity index (χ4n) is 2.23. The minimum Gasteiger partial charge on any atom is -0.329 e. The molecule has 1 aromatic heterocycles. The number of fused-ring (bicyclic) bond motifs is 1. The van der Waals surface area contributed by atoms with Gasteiger partial charge in [-0.15, -0.1) is 0 Å². The van der Waals surface area contributed by atoms with Gasteiger partial charge < -0.3 is 4.57 Å². The Morgan fingerprint density at radius 1 is 1.20 bits per heavy atom. The number of nitrogens with zero attached hydrogens (tertiary/aromatic N) is 3. The SMILES string of the molecule is CC(C)c1ncc2n1CCN(C(C)C)C2. The van der Waals surface area contributed by atoms with Gasteiger partial charge in [-0.1, -0.05) is 13.8 Å². The van der Waals surface area contributed by atoms with Gasteiger partial charge in [-0.25, -0.2) is 4.98 Å². The van der Waals surface area contributed by atoms with Crippen molar-refractivity contribution >= 4 is 0 Å². The van der Waals surface area contributed by atoms with Crippen molar-refractivity contribution in [3.63, 3.8) is 0 Å². The Kier molecular flexibility index (Phi) is 2.83. The van der Waals surface area contributed by atoms with Crippen molar-refractivity contribution in [2.75, 3.05) is 6.54 Å². The molecule has 0 saturated heterocycles. The molecule has 0 aliphatic carbocycles. The highest BCUT2D eigenvalue weighted by Gasteiger charge is 2.21. The van der Waals surface area contributed by atoms with Gasteiger partial charge in [-0.05, 0) is 13.8 Å². The minimum atomic E-state index is 0.532. The Labute approximate surface area is 92.1 Å². The maximum atomic E-state index is 4.53. The predicted molar refractivity (Wildman–Crippen MR) is 61.9 cm³/mol. The molecule has 0 spiro atoms. The second-order valence-corrected chi connectivity index (χ2v) is 4.98. The van der Waals surface area contributed by atoms with Gasteiger partial charge in [0.2, 0.25) is 0 Å². The van der Waals surface area contributed by atoms with Crippen molar-refractivity contribution in [1.29, 1.82) is 0 Å². The van der Waals surface area contributed by atoms with Crippen LogP contribution in [0.4, 0.5) is 0 Å². The molecule has 1 aliphatic heterocycles. The molecule has 15 heavy (non-hydrogen) atoms. The van der Waals surface area contributed by atoms with Gasteiger partial charge in [0.1, 0.15) is 5.82 Å². The molecular weight excluding hydrogens is 186 g/mol. The van der Waals surface area contributed by atoms with Crippen molar-refractivity contribution in [2.24, 2.45) is 0 Å². The zero-order valence-corrected chi connectivity index (χ0v) is 10.2. The fraction of sp³-hybridized carbons (Fsp3) is 0.750. The lowest BCUT2D eigenvalue weighted by atomic mass is 10.2. The molecule has 0 unspecified atom stereocenters. The van der Waals surface area contributed by atoms with Crippen LogP contribution in [0, 0.1) is 0 Å². The van der Waals surface area contributed by atoms with Crippen molar-refractivity contribution < 1.29 is 0 Å². The number of hydrogen-bond acceptors (Lipinski definition) is 2. The second kappa shape index (κ2) is 3.97. The van der Waals surface area contributed by atoms with Gasteiger partial charge in [0.25, 0.3) is 0 Å². The molecule has 1 aliphatic rings. The molecule has 0 radical (unpaired) electrons. The molecular formula is C12H21N3. The van der Waals surface area contributed by atoms with Gasteiger partial charge in [-0.2, -0.15) is 0 Å². The zero-order chi connectivity index (χ0) is 11.0. The Hall–Kier alpha value is -0.830. The molecule has 2 heterocycles. The van der Waals surface area contributed by atoms with Gasteiger partial charge in [-0.3, -0.25) is 4.90 Å². The van der Waals surface area contributed by atoms with Crippen LogP contribution < -0.4 is 0 Å². The summed E-state index contributed by atoms with van der Waals surface area (Å²) in [6, 6.07) is 0.635. The number of rotatable bonds is 2. The summed E-state index contributed by atoms with van der Waals surface area (Å²) in [6.07, 6.45) is 2.05. The van der Waals surface area contributed by atoms with Crippen molar-refractivity contribution in [3.8, 4) is 0 Å². The van der Waals surface area contributed by atoms with E-state index in [1.165, 1.54) is 11.5 Å². The molecule has 0 aromatic carbocycles. The first-order chi connectivity index (χ1) is 7.09. The molecule has 0 fully saturated rings. The van der Waals surface area contributed by atoms with E-state index >= 15 is 0 Å². The highest BCUT2D eigenvalue weighted by atomic mass is 15.2. The maximum Gasteiger partial charge on any atom is 0.111 e. The number of aromatic nitrogens is 2. The quantitative estimate of drug-likeness (QED) is 0.741. The monoisotopic (exact) mass is 207 g/mol. The summed E-state index contributed by atoms with van der Waals surface area (Å²) in [5.41, 5.74) is 1.37. The fourth-order valence-corrected chi connectivity index (χ4v) is 2.23. The van der Waals surface area contributed by atoms with E-state index in [0.29, 0.717) is 12.0 Å². The summed E-state index contributed by atoms with van der Waals surface area (Å²) in [4.78, 5) is 7.03. The molecule has 0 saturated carbocycles. The first kappa shape index (κ1) is 10.7. The highest BCUT2D eigenvalue weighted by molar-refractivity contribution is 5.10. The maximum absolute atomic E-state index is 4.53. The standard InChI is InChI=1S/C12H21N3/c1-9(2)12-13-7-11-8-14(10(3)4)5-6-15(11)12/h7,9-10H,5-6,8H2,1-4H3. The third kappa shape index (κ3) is 1.93. The van der Waals surface area contributed by atoms with E-state index < -0.39 is 0 Å². The van der Waals surface area contributed by atoms with Crippen molar-refractivity contribution in [2.45, 2.75) is 52.7 Å². The van der Waals surface area contributed by atoms with Crippen LogP contribution in [0.3, 0.4) is 0 Å². The number of imidazole rings is 1. The second-order valence-electron chi connectivity index (χ2n) is 4.98. The van der Waals surface area contributed by atoms with E-state index in [4.69, 9.17) is 0 Å². The van der Waals surface area contributed by atoms with E-state index in [9.17, 15) is 0 Å².